The van der Waals surface area contributed by atoms with Crippen molar-refractivity contribution in [3.63, 3.8) is 0 Å². The Balaban J connectivity index is 0.000000282. The van der Waals surface area contributed by atoms with Crippen LogP contribution in [-0.4, -0.2) is 109 Å². The standard InChI is InChI=1S/C30H36FN5O5S.C25H28FN5O4S.C5H10O2.3CH4/c1-18(2)16-24(37)30(4,5)35-26(38)25-19(3)27(36-32-11-12-33-36)42-28(25)34(29(35)39)13-8-20-17-21(31)6-7-23(20)41-22-9-14-40-15-10-22;1-14(2)12-19(33)25(4,5)30-21(34)20-15(3)22(31-27-9-10-28-31)36-23(20)29(24(30)35)11-8-16-13-17(26)6-7-18(16)32;6-5-1-3-7-4-2-5;;;/h6-7,11-12,17-18,22H,8-10,13-16H2,1-5H3;6-7,9-10,13-14,32H,8,11-12H2,1-5H3;5-6H,1-4H2;3*1H4. The van der Waals surface area contributed by atoms with Gasteiger partial charge in [0.15, 0.2) is 11.6 Å². The van der Waals surface area contributed by atoms with E-state index in [0.29, 0.717) is 71.7 Å². The number of fused-ring (bicyclic) bond motifs is 2. The van der Waals surface area contributed by atoms with Crippen molar-refractivity contribution in [2.45, 2.75) is 179 Å². The molecule has 2 aromatic carbocycles. The molecule has 2 N–H and O–H groups in total. The van der Waals surface area contributed by atoms with Gasteiger partial charge in [0.25, 0.3) is 11.1 Å². The number of thiophene rings is 2. The van der Waals surface area contributed by atoms with Crippen LogP contribution in [0, 0.1) is 37.3 Å². The number of aliphatic hydroxyl groups is 1. The lowest BCUT2D eigenvalue weighted by molar-refractivity contribution is -0.127. The molecule has 2 aliphatic rings. The van der Waals surface area contributed by atoms with Crippen LogP contribution in [0.4, 0.5) is 8.78 Å². The zero-order valence-electron chi connectivity index (χ0n) is 49.6. The predicted molar refractivity (Wildman–Crippen MR) is 340 cm³/mol. The summed E-state index contributed by atoms with van der Waals surface area (Å²) < 4.78 is 49.9. The van der Waals surface area contributed by atoms with Crippen LogP contribution in [0.3, 0.4) is 0 Å². The first-order chi connectivity index (χ1) is 40.3. The lowest BCUT2D eigenvalue weighted by Gasteiger charge is -2.27. The number of aromatic hydroxyl groups is 1. The summed E-state index contributed by atoms with van der Waals surface area (Å²) in [6.45, 7) is 20.4. The van der Waals surface area contributed by atoms with Gasteiger partial charge in [-0.2, -0.15) is 20.4 Å². The van der Waals surface area contributed by atoms with Crippen molar-refractivity contribution < 1.29 is 42.8 Å². The van der Waals surface area contributed by atoms with Crippen molar-refractivity contribution in [1.82, 2.24) is 48.3 Å². The van der Waals surface area contributed by atoms with E-state index in [2.05, 4.69) is 20.4 Å². The van der Waals surface area contributed by atoms with E-state index in [0.717, 1.165) is 54.1 Å². The molecule has 0 radical (unpaired) electrons. The number of phenols is 1. The van der Waals surface area contributed by atoms with E-state index in [1.54, 1.807) is 47.6 Å². The zero-order chi connectivity index (χ0) is 61.7. The topological polar surface area (TPSA) is 252 Å². The number of phenolic OH excluding ortho intramolecular Hbond substituents is 1. The molecule has 0 spiro atoms. The third-order valence-electron chi connectivity index (χ3n) is 15.2. The van der Waals surface area contributed by atoms with Crippen LogP contribution in [0.15, 0.2) is 80.4 Å². The number of aliphatic hydroxyl groups excluding tert-OH is 1. The zero-order valence-corrected chi connectivity index (χ0v) is 51.2. The molecule has 0 atom stereocenters. The number of aromatic nitrogens is 10. The average molecular weight is 1260 g/mol. The van der Waals surface area contributed by atoms with Crippen LogP contribution in [0.1, 0.15) is 138 Å². The maximum atomic E-state index is 14.4. The van der Waals surface area contributed by atoms with Crippen LogP contribution in [-0.2, 0) is 56.1 Å². The highest BCUT2D eigenvalue weighted by atomic mass is 32.1. The molecule has 25 heteroatoms. The quantitative estimate of drug-likeness (QED) is 0.0811. The summed E-state index contributed by atoms with van der Waals surface area (Å²) in [7, 11) is 0. The summed E-state index contributed by atoms with van der Waals surface area (Å²) in [6, 6.07) is 8.01. The van der Waals surface area contributed by atoms with E-state index >= 15 is 0 Å². The van der Waals surface area contributed by atoms with Crippen molar-refractivity contribution >= 4 is 54.7 Å². The maximum Gasteiger partial charge on any atom is 0.332 e. The van der Waals surface area contributed by atoms with Crippen LogP contribution in [0.2, 0.25) is 0 Å². The number of aryl methyl sites for hydroxylation is 6. The van der Waals surface area contributed by atoms with Crippen LogP contribution >= 0.6 is 22.7 Å². The van der Waals surface area contributed by atoms with E-state index in [9.17, 15) is 42.7 Å². The first-order valence-corrected chi connectivity index (χ1v) is 30.1. The van der Waals surface area contributed by atoms with E-state index in [-0.39, 0.29) is 102 Å². The first kappa shape index (κ1) is 71.4. The van der Waals surface area contributed by atoms with Gasteiger partial charge in [0.05, 0.1) is 54.9 Å². The third kappa shape index (κ3) is 15.6. The van der Waals surface area contributed by atoms with Crippen LogP contribution < -0.4 is 27.2 Å². The van der Waals surface area contributed by atoms with Crippen molar-refractivity contribution in [3.8, 4) is 21.5 Å². The van der Waals surface area contributed by atoms with Gasteiger partial charge in [-0.05, 0) is 127 Å². The van der Waals surface area contributed by atoms with Crippen molar-refractivity contribution in [2.24, 2.45) is 11.8 Å². The SMILES string of the molecule is C.C.C.Cc1c(-n2nccn2)sc2c1c(=O)n(C(C)(C)C(=O)CC(C)C)c(=O)n2CCc1cc(F)ccc1O.Cc1c(-n2nccn2)sc2c1c(=O)n(C(C)(C)C(=O)CC(C)C)c(=O)n2CCc1cc(F)ccc1OC1CCOCC1.OC1CCOCC1. The van der Waals surface area contributed by atoms with E-state index in [1.807, 2.05) is 27.7 Å². The number of ether oxygens (including phenoxy) is 3. The van der Waals surface area contributed by atoms with E-state index in [1.165, 1.54) is 90.5 Å². The Morgan fingerprint density at radius 2 is 1.02 bits per heavy atom. The van der Waals surface area contributed by atoms with Gasteiger partial charge in [-0.15, -0.1) is 9.59 Å². The second kappa shape index (κ2) is 30.3. The Hall–Kier alpha value is -7.32. The number of hydrogen-bond acceptors (Lipinski definition) is 17. The number of ketones is 2. The Labute approximate surface area is 519 Å². The Morgan fingerprint density at radius 3 is 1.42 bits per heavy atom. The molecule has 2 aliphatic heterocycles. The highest BCUT2D eigenvalue weighted by Crippen LogP contribution is 2.34. The van der Waals surface area contributed by atoms with Crippen molar-refractivity contribution in [3.05, 3.63) is 137 Å². The van der Waals surface area contributed by atoms with E-state index in [4.69, 9.17) is 19.3 Å². The number of carbonyl (C=O) groups is 2. The Kier molecular flexibility index (Phi) is 24.6. The van der Waals surface area contributed by atoms with Gasteiger partial charge in [-0.3, -0.25) is 28.3 Å². The number of rotatable bonds is 18. The molecule has 0 saturated carbocycles. The minimum atomic E-state index is -1.39. The van der Waals surface area contributed by atoms with Crippen molar-refractivity contribution in [1.29, 1.82) is 0 Å². The summed E-state index contributed by atoms with van der Waals surface area (Å²) in [6.07, 6.45) is 9.88. The highest BCUT2D eigenvalue weighted by Gasteiger charge is 2.37. The monoisotopic (exact) mass is 1260 g/mol. The fourth-order valence-corrected chi connectivity index (χ4v) is 12.8. The summed E-state index contributed by atoms with van der Waals surface area (Å²) in [4.78, 5) is 85.9. The lowest BCUT2D eigenvalue weighted by atomic mass is 9.91. The van der Waals surface area contributed by atoms with Crippen LogP contribution in [0.25, 0.3) is 30.4 Å². The van der Waals surface area contributed by atoms with E-state index < -0.39 is 45.2 Å². The summed E-state index contributed by atoms with van der Waals surface area (Å²) in [5, 5.41) is 37.6. The number of carbonyl (C=O) groups excluding carboxylic acids is 2. The summed E-state index contributed by atoms with van der Waals surface area (Å²) in [5.41, 5.74) is -2.99. The number of Topliss-reactive ketones (excluding diaryl/α,β-unsaturated/α-hetero) is 2. The second-order valence-electron chi connectivity index (χ2n) is 23.2. The minimum absolute atomic E-state index is 0. The van der Waals surface area contributed by atoms with Crippen molar-refractivity contribution in [2.75, 3.05) is 26.4 Å². The molecule has 88 heavy (non-hydrogen) atoms. The number of hydrogen-bond donors (Lipinski definition) is 2. The van der Waals surface area contributed by atoms with Gasteiger partial charge in [-0.1, -0.05) is 72.6 Å². The molecular formula is C63H86F2N10O11S2. The second-order valence-corrected chi connectivity index (χ2v) is 25.1. The summed E-state index contributed by atoms with van der Waals surface area (Å²) in [5.74, 6) is -0.789. The number of nitrogens with zero attached hydrogens (tertiary/aromatic N) is 10. The van der Waals surface area contributed by atoms with Gasteiger partial charge in [0.2, 0.25) is 0 Å². The molecule has 0 amide bonds. The molecule has 8 aromatic rings. The normalized spacial score (nSPS) is 13.9. The fourth-order valence-electron chi connectivity index (χ4n) is 10.3. The molecule has 2 fully saturated rings. The van der Waals surface area contributed by atoms with Crippen LogP contribution in [0.5, 0.6) is 11.5 Å². The van der Waals surface area contributed by atoms with Gasteiger partial charge < -0.3 is 24.4 Å². The highest BCUT2D eigenvalue weighted by molar-refractivity contribution is 7.21. The maximum absolute atomic E-state index is 14.4. The molecule has 0 unspecified atom stereocenters. The molecular weight excluding hydrogens is 1170 g/mol. The first-order valence-electron chi connectivity index (χ1n) is 28.5. The van der Waals surface area contributed by atoms with Gasteiger partial charge in [0.1, 0.15) is 60.0 Å². The van der Waals surface area contributed by atoms with Gasteiger partial charge >= 0.3 is 11.4 Å². The molecule has 0 aliphatic carbocycles. The smallest absolute Gasteiger partial charge is 0.332 e. The molecule has 0 bridgehead atoms. The molecule has 8 heterocycles. The third-order valence-corrected chi connectivity index (χ3v) is 17.7. The molecule has 6 aromatic heterocycles. The molecule has 10 rings (SSSR count). The number of halogens is 2. The number of benzene rings is 2. The summed E-state index contributed by atoms with van der Waals surface area (Å²) >= 11 is 2.41. The average Bonchev–Trinajstić information content (AvgIpc) is 1.92. The molecule has 21 nitrogen and oxygen atoms in total. The minimum Gasteiger partial charge on any atom is -0.508 e. The Morgan fingerprint density at radius 1 is 0.636 bits per heavy atom. The van der Waals surface area contributed by atoms with Gasteiger partial charge in [-0.25, -0.2) is 27.5 Å². The predicted octanol–water partition coefficient (Wildman–Crippen LogP) is 10.0. The Bertz CT molecular complexity index is 3920. The largest absolute Gasteiger partial charge is 0.508 e. The molecule has 2 saturated heterocycles. The van der Waals surface area contributed by atoms with Gasteiger partial charge in [0, 0.05) is 63.1 Å². The molecule has 480 valence electrons. The fraction of sp³-hybridized carbons (Fsp3) is 0.524. The lowest BCUT2D eigenvalue weighted by Crippen LogP contribution is -2.52.